The Hall–Kier alpha value is -1.03. The number of rotatable bonds is 3. The summed E-state index contributed by atoms with van der Waals surface area (Å²) in [6.07, 6.45) is 4.58. The van der Waals surface area contributed by atoms with Gasteiger partial charge in [-0.2, -0.15) is 0 Å². The summed E-state index contributed by atoms with van der Waals surface area (Å²) in [5.41, 5.74) is 0. The maximum absolute atomic E-state index is 11.1. The van der Waals surface area contributed by atoms with E-state index in [-0.39, 0.29) is 11.4 Å². The summed E-state index contributed by atoms with van der Waals surface area (Å²) in [6.45, 7) is 0. The number of hydrogen-bond acceptors (Lipinski definition) is 2. The van der Waals surface area contributed by atoms with Crippen LogP contribution in [0.3, 0.4) is 0 Å². The van der Waals surface area contributed by atoms with Crippen LogP contribution in [-0.4, -0.2) is 28.4 Å². The van der Waals surface area contributed by atoms with Gasteiger partial charge in [0.05, 0.1) is 5.38 Å². The number of aliphatic carboxylic acids is 1. The lowest BCUT2D eigenvalue weighted by molar-refractivity contribution is -0.131. The smallest absolute Gasteiger partial charge is 0.328 e. The topological polar surface area (TPSA) is 66.4 Å². The molecule has 1 aliphatic carbocycles. The zero-order valence-electron chi connectivity index (χ0n) is 7.57. The molecule has 4 nitrogen and oxygen atoms in total. The van der Waals surface area contributed by atoms with Gasteiger partial charge in [0.1, 0.15) is 0 Å². The standard InChI is InChI=1S/C9H12ClNO3/c10-6-2-1-3-7(6)11-8(12)4-5-9(13)14/h4-7H,1-3H2,(H,11,12)(H,13,14)/b5-4+. The molecule has 0 heterocycles. The second kappa shape index (κ2) is 5.00. The first-order chi connectivity index (χ1) is 6.59. The van der Waals surface area contributed by atoms with E-state index < -0.39 is 11.9 Å². The van der Waals surface area contributed by atoms with E-state index in [1.165, 1.54) is 0 Å². The number of halogens is 1. The number of amides is 1. The average Bonchev–Trinajstić information content (AvgIpc) is 2.49. The maximum atomic E-state index is 11.1. The lowest BCUT2D eigenvalue weighted by Gasteiger charge is -2.13. The molecule has 14 heavy (non-hydrogen) atoms. The van der Waals surface area contributed by atoms with Crippen LogP contribution in [0.2, 0.25) is 0 Å². The van der Waals surface area contributed by atoms with E-state index in [4.69, 9.17) is 16.7 Å². The maximum Gasteiger partial charge on any atom is 0.328 e. The first-order valence-electron chi connectivity index (χ1n) is 4.45. The summed E-state index contributed by atoms with van der Waals surface area (Å²) >= 11 is 5.93. The largest absolute Gasteiger partial charge is 0.478 e. The minimum atomic E-state index is -1.13. The van der Waals surface area contributed by atoms with Gasteiger partial charge >= 0.3 is 5.97 Å². The molecule has 0 radical (unpaired) electrons. The Kier molecular flexibility index (Phi) is 3.95. The molecule has 0 saturated heterocycles. The Morgan fingerprint density at radius 1 is 1.36 bits per heavy atom. The molecule has 78 valence electrons. The fourth-order valence-corrected chi connectivity index (χ4v) is 1.80. The fourth-order valence-electron chi connectivity index (χ4n) is 1.46. The quantitative estimate of drug-likeness (QED) is 0.545. The van der Waals surface area contributed by atoms with Crippen LogP contribution in [0, 0.1) is 0 Å². The van der Waals surface area contributed by atoms with E-state index in [1.54, 1.807) is 0 Å². The molecule has 2 unspecified atom stereocenters. The predicted molar refractivity (Wildman–Crippen MR) is 52.2 cm³/mol. The van der Waals surface area contributed by atoms with Crippen molar-refractivity contribution in [3.05, 3.63) is 12.2 Å². The zero-order valence-corrected chi connectivity index (χ0v) is 8.33. The molecule has 2 N–H and O–H groups in total. The van der Waals surface area contributed by atoms with Gasteiger partial charge in [0, 0.05) is 18.2 Å². The van der Waals surface area contributed by atoms with Gasteiger partial charge in [-0.3, -0.25) is 4.79 Å². The summed E-state index contributed by atoms with van der Waals surface area (Å²) in [5, 5.41) is 10.9. The van der Waals surface area contributed by atoms with E-state index in [0.29, 0.717) is 0 Å². The van der Waals surface area contributed by atoms with Crippen LogP contribution < -0.4 is 5.32 Å². The summed E-state index contributed by atoms with van der Waals surface area (Å²) in [6, 6.07) is -0.0254. The van der Waals surface area contributed by atoms with Gasteiger partial charge in [0.2, 0.25) is 5.91 Å². The van der Waals surface area contributed by atoms with Gasteiger partial charge in [-0.25, -0.2) is 4.79 Å². The molecule has 1 rings (SSSR count). The predicted octanol–water partition coefficient (Wildman–Crippen LogP) is 0.903. The molecule has 1 saturated carbocycles. The van der Waals surface area contributed by atoms with Gasteiger partial charge in [0.25, 0.3) is 0 Å². The van der Waals surface area contributed by atoms with Crippen molar-refractivity contribution in [2.45, 2.75) is 30.7 Å². The van der Waals surface area contributed by atoms with E-state index >= 15 is 0 Å². The molecule has 1 aliphatic rings. The molecule has 2 atom stereocenters. The molecule has 1 amide bonds. The number of hydrogen-bond donors (Lipinski definition) is 2. The van der Waals surface area contributed by atoms with Crippen LogP contribution in [-0.2, 0) is 9.59 Å². The first kappa shape index (κ1) is 11.0. The highest BCUT2D eigenvalue weighted by atomic mass is 35.5. The third kappa shape index (κ3) is 3.38. The molecule has 0 aromatic heterocycles. The average molecular weight is 218 g/mol. The SMILES string of the molecule is O=C(O)/C=C/C(=O)NC1CCCC1Cl. The minimum absolute atomic E-state index is 0.0254. The van der Waals surface area contributed by atoms with Crippen molar-refractivity contribution in [2.75, 3.05) is 0 Å². The fraction of sp³-hybridized carbons (Fsp3) is 0.556. The monoisotopic (exact) mass is 217 g/mol. The van der Waals surface area contributed by atoms with Crippen molar-refractivity contribution >= 4 is 23.5 Å². The Labute approximate surface area is 86.9 Å². The molecule has 0 bridgehead atoms. The third-order valence-electron chi connectivity index (χ3n) is 2.14. The van der Waals surface area contributed by atoms with Gasteiger partial charge in [-0.1, -0.05) is 0 Å². The number of nitrogens with one attached hydrogen (secondary N) is 1. The van der Waals surface area contributed by atoms with Crippen LogP contribution in [0.5, 0.6) is 0 Å². The highest BCUT2D eigenvalue weighted by Crippen LogP contribution is 2.23. The van der Waals surface area contributed by atoms with Crippen molar-refractivity contribution in [3.8, 4) is 0 Å². The van der Waals surface area contributed by atoms with Crippen LogP contribution in [0.1, 0.15) is 19.3 Å². The summed E-state index contributed by atoms with van der Waals surface area (Å²) < 4.78 is 0. The molecule has 0 aromatic carbocycles. The zero-order chi connectivity index (χ0) is 10.6. The Bertz CT molecular complexity index is 265. The van der Waals surface area contributed by atoms with Gasteiger partial charge in [0.15, 0.2) is 0 Å². The molecular formula is C9H12ClNO3. The number of carboxylic acids is 1. The van der Waals surface area contributed by atoms with Crippen LogP contribution in [0.25, 0.3) is 0 Å². The highest BCUT2D eigenvalue weighted by molar-refractivity contribution is 6.21. The molecule has 0 spiro atoms. The lowest BCUT2D eigenvalue weighted by atomic mass is 10.2. The first-order valence-corrected chi connectivity index (χ1v) is 4.89. The van der Waals surface area contributed by atoms with Crippen molar-refractivity contribution < 1.29 is 14.7 Å². The van der Waals surface area contributed by atoms with Crippen molar-refractivity contribution in [3.63, 3.8) is 0 Å². The number of alkyl halides is 1. The summed E-state index contributed by atoms with van der Waals surface area (Å²) in [7, 11) is 0. The third-order valence-corrected chi connectivity index (χ3v) is 2.66. The van der Waals surface area contributed by atoms with Crippen molar-refractivity contribution in [1.82, 2.24) is 5.32 Å². The van der Waals surface area contributed by atoms with Crippen LogP contribution in [0.15, 0.2) is 12.2 Å². The number of carbonyl (C=O) groups is 2. The molecule has 0 aromatic rings. The lowest BCUT2D eigenvalue weighted by Crippen LogP contribution is -2.36. The van der Waals surface area contributed by atoms with Crippen LogP contribution >= 0.6 is 11.6 Å². The molecule has 0 aliphatic heterocycles. The van der Waals surface area contributed by atoms with Gasteiger partial charge in [-0.05, 0) is 19.3 Å². The van der Waals surface area contributed by atoms with E-state index in [2.05, 4.69) is 5.32 Å². The highest BCUT2D eigenvalue weighted by Gasteiger charge is 2.25. The van der Waals surface area contributed by atoms with Crippen molar-refractivity contribution in [1.29, 1.82) is 0 Å². The second-order valence-electron chi connectivity index (χ2n) is 3.23. The van der Waals surface area contributed by atoms with E-state index in [9.17, 15) is 9.59 Å². The molecule has 5 heteroatoms. The minimum Gasteiger partial charge on any atom is -0.478 e. The number of carboxylic acid groups (broad SMARTS) is 1. The Morgan fingerprint density at radius 3 is 2.57 bits per heavy atom. The summed E-state index contributed by atoms with van der Waals surface area (Å²) in [5.74, 6) is -1.53. The van der Waals surface area contributed by atoms with Gasteiger partial charge < -0.3 is 10.4 Å². The summed E-state index contributed by atoms with van der Waals surface area (Å²) in [4.78, 5) is 21.2. The van der Waals surface area contributed by atoms with Crippen molar-refractivity contribution in [2.24, 2.45) is 0 Å². The molecular weight excluding hydrogens is 206 g/mol. The Balaban J connectivity index is 2.36. The van der Waals surface area contributed by atoms with Gasteiger partial charge in [-0.15, -0.1) is 11.6 Å². The number of carbonyl (C=O) groups excluding carboxylic acids is 1. The Morgan fingerprint density at radius 2 is 2.07 bits per heavy atom. The normalized spacial score (nSPS) is 26.6. The second-order valence-corrected chi connectivity index (χ2v) is 3.79. The van der Waals surface area contributed by atoms with E-state index in [1.807, 2.05) is 0 Å². The molecule has 1 fully saturated rings. The van der Waals surface area contributed by atoms with Crippen LogP contribution in [0.4, 0.5) is 0 Å². The van der Waals surface area contributed by atoms with E-state index in [0.717, 1.165) is 31.4 Å².